The SMILES string of the molecule is Cl.Cl.N#CC[C@@H](c1cccc(Oc2ccccc2)c1)N1CCNCC1. The van der Waals surface area contributed by atoms with E-state index in [0.29, 0.717) is 6.42 Å². The van der Waals surface area contributed by atoms with Gasteiger partial charge in [-0.1, -0.05) is 30.3 Å². The van der Waals surface area contributed by atoms with E-state index in [-0.39, 0.29) is 30.9 Å². The minimum Gasteiger partial charge on any atom is -0.457 e. The smallest absolute Gasteiger partial charge is 0.127 e. The zero-order valence-electron chi connectivity index (χ0n) is 13.9. The Morgan fingerprint density at radius 3 is 2.36 bits per heavy atom. The number of rotatable bonds is 5. The van der Waals surface area contributed by atoms with Gasteiger partial charge in [0, 0.05) is 32.2 Å². The Hall–Kier alpha value is -1.77. The van der Waals surface area contributed by atoms with Gasteiger partial charge in [-0.25, -0.2) is 0 Å². The van der Waals surface area contributed by atoms with Gasteiger partial charge in [-0.3, -0.25) is 4.90 Å². The van der Waals surface area contributed by atoms with Crippen molar-refractivity contribution in [3.63, 3.8) is 0 Å². The van der Waals surface area contributed by atoms with Crippen LogP contribution in [0.1, 0.15) is 18.0 Å². The molecule has 0 amide bonds. The highest BCUT2D eigenvalue weighted by atomic mass is 35.5. The molecule has 0 aromatic heterocycles. The number of ether oxygens (including phenoxy) is 1. The van der Waals surface area contributed by atoms with E-state index in [1.54, 1.807) is 0 Å². The molecule has 2 aromatic rings. The molecule has 25 heavy (non-hydrogen) atoms. The molecule has 4 nitrogen and oxygen atoms in total. The molecule has 2 aromatic carbocycles. The van der Waals surface area contributed by atoms with Gasteiger partial charge >= 0.3 is 0 Å². The lowest BCUT2D eigenvalue weighted by molar-refractivity contribution is 0.175. The summed E-state index contributed by atoms with van der Waals surface area (Å²) >= 11 is 0. The van der Waals surface area contributed by atoms with Gasteiger partial charge in [-0.2, -0.15) is 5.26 Å². The summed E-state index contributed by atoms with van der Waals surface area (Å²) in [5, 5.41) is 12.6. The van der Waals surface area contributed by atoms with Gasteiger partial charge in [-0.15, -0.1) is 24.8 Å². The lowest BCUT2D eigenvalue weighted by atomic mass is 10.0. The molecule has 6 heteroatoms. The maximum absolute atomic E-state index is 9.21. The van der Waals surface area contributed by atoms with Crippen molar-refractivity contribution >= 4 is 24.8 Å². The van der Waals surface area contributed by atoms with Crippen LogP contribution in [0.2, 0.25) is 0 Å². The van der Waals surface area contributed by atoms with E-state index in [1.807, 2.05) is 42.5 Å². The van der Waals surface area contributed by atoms with Crippen molar-refractivity contribution in [2.24, 2.45) is 0 Å². The number of piperazine rings is 1. The van der Waals surface area contributed by atoms with Crippen LogP contribution in [0.3, 0.4) is 0 Å². The number of hydrogen-bond donors (Lipinski definition) is 1. The normalized spacial score (nSPS) is 15.2. The average Bonchev–Trinajstić information content (AvgIpc) is 2.61. The monoisotopic (exact) mass is 379 g/mol. The third-order valence-corrected chi connectivity index (χ3v) is 4.10. The Morgan fingerprint density at radius 1 is 1.00 bits per heavy atom. The standard InChI is InChI=1S/C19H21N3O.2ClH/c20-10-9-19(22-13-11-21-12-14-22)16-5-4-8-18(15-16)23-17-6-2-1-3-7-17;;/h1-8,15,19,21H,9,11-14H2;2*1H/t19-;;/m0../s1. The van der Waals surface area contributed by atoms with Crippen molar-refractivity contribution in [1.29, 1.82) is 5.26 Å². The summed E-state index contributed by atoms with van der Waals surface area (Å²) in [4.78, 5) is 2.38. The largest absolute Gasteiger partial charge is 0.457 e. The molecule has 0 bridgehead atoms. The number of nitrogens with zero attached hydrogens (tertiary/aromatic N) is 2. The van der Waals surface area contributed by atoms with E-state index in [4.69, 9.17) is 4.74 Å². The fourth-order valence-electron chi connectivity index (χ4n) is 2.95. The van der Waals surface area contributed by atoms with Crippen molar-refractivity contribution < 1.29 is 4.74 Å². The van der Waals surface area contributed by atoms with E-state index in [9.17, 15) is 5.26 Å². The molecular formula is C19H23Cl2N3O. The summed E-state index contributed by atoms with van der Waals surface area (Å²) in [5.41, 5.74) is 1.14. The predicted molar refractivity (Wildman–Crippen MR) is 105 cm³/mol. The molecule has 0 radical (unpaired) electrons. The molecular weight excluding hydrogens is 357 g/mol. The molecule has 0 saturated carbocycles. The van der Waals surface area contributed by atoms with Crippen LogP contribution in [-0.4, -0.2) is 31.1 Å². The first kappa shape index (κ1) is 21.3. The number of benzene rings is 2. The Bertz CT molecular complexity index is 670. The fourth-order valence-corrected chi connectivity index (χ4v) is 2.95. The lowest BCUT2D eigenvalue weighted by Crippen LogP contribution is -2.45. The average molecular weight is 380 g/mol. The second kappa shape index (κ2) is 11.0. The number of hydrogen-bond acceptors (Lipinski definition) is 4. The van der Waals surface area contributed by atoms with E-state index in [1.165, 1.54) is 0 Å². The molecule has 0 spiro atoms. The van der Waals surface area contributed by atoms with Crippen LogP contribution in [-0.2, 0) is 0 Å². The Kier molecular flexibility index (Phi) is 9.33. The van der Waals surface area contributed by atoms with Crippen LogP contribution in [0, 0.1) is 11.3 Å². The van der Waals surface area contributed by atoms with Gasteiger partial charge in [0.15, 0.2) is 0 Å². The Balaban J connectivity index is 0.00000156. The molecule has 1 atom stereocenters. The van der Waals surface area contributed by atoms with E-state index < -0.39 is 0 Å². The quantitative estimate of drug-likeness (QED) is 0.845. The lowest BCUT2D eigenvalue weighted by Gasteiger charge is -2.34. The molecule has 134 valence electrons. The van der Waals surface area contributed by atoms with Gasteiger partial charge in [0.05, 0.1) is 12.5 Å². The molecule has 0 unspecified atom stereocenters. The third kappa shape index (κ3) is 5.91. The van der Waals surface area contributed by atoms with Crippen LogP contribution in [0.15, 0.2) is 54.6 Å². The van der Waals surface area contributed by atoms with Gasteiger partial charge in [0.1, 0.15) is 11.5 Å². The molecule has 1 aliphatic rings. The first-order valence-corrected chi connectivity index (χ1v) is 8.01. The number of halogens is 2. The summed E-state index contributed by atoms with van der Waals surface area (Å²) < 4.78 is 5.92. The second-order valence-corrected chi connectivity index (χ2v) is 5.65. The molecule has 0 aliphatic carbocycles. The van der Waals surface area contributed by atoms with Crippen LogP contribution in [0.4, 0.5) is 0 Å². The highest BCUT2D eigenvalue weighted by molar-refractivity contribution is 5.85. The van der Waals surface area contributed by atoms with Crippen LogP contribution in [0.25, 0.3) is 0 Å². The molecule has 1 aliphatic heterocycles. The Labute approximate surface area is 161 Å². The van der Waals surface area contributed by atoms with Gasteiger partial charge in [-0.05, 0) is 29.8 Å². The van der Waals surface area contributed by atoms with E-state index in [0.717, 1.165) is 43.2 Å². The van der Waals surface area contributed by atoms with Crippen molar-refractivity contribution in [1.82, 2.24) is 10.2 Å². The van der Waals surface area contributed by atoms with Gasteiger partial charge in [0.2, 0.25) is 0 Å². The maximum Gasteiger partial charge on any atom is 0.127 e. The number of nitrogens with one attached hydrogen (secondary N) is 1. The first-order valence-electron chi connectivity index (χ1n) is 8.01. The van der Waals surface area contributed by atoms with Crippen LogP contribution in [0.5, 0.6) is 11.5 Å². The summed E-state index contributed by atoms with van der Waals surface area (Å²) in [7, 11) is 0. The zero-order valence-corrected chi connectivity index (χ0v) is 15.6. The molecule has 1 N–H and O–H groups in total. The molecule has 1 saturated heterocycles. The fraction of sp³-hybridized carbons (Fsp3) is 0.316. The number of nitriles is 1. The van der Waals surface area contributed by atoms with Crippen molar-refractivity contribution in [3.8, 4) is 17.6 Å². The molecule has 1 fully saturated rings. The van der Waals surface area contributed by atoms with E-state index >= 15 is 0 Å². The van der Waals surface area contributed by atoms with E-state index in [2.05, 4.69) is 28.4 Å². The number of para-hydroxylation sites is 1. The first-order chi connectivity index (χ1) is 11.4. The van der Waals surface area contributed by atoms with Crippen LogP contribution < -0.4 is 10.1 Å². The highest BCUT2D eigenvalue weighted by Gasteiger charge is 2.22. The topological polar surface area (TPSA) is 48.3 Å². The third-order valence-electron chi connectivity index (χ3n) is 4.10. The van der Waals surface area contributed by atoms with Gasteiger partial charge in [0.25, 0.3) is 0 Å². The van der Waals surface area contributed by atoms with Gasteiger partial charge < -0.3 is 10.1 Å². The van der Waals surface area contributed by atoms with Crippen molar-refractivity contribution in [2.75, 3.05) is 26.2 Å². The second-order valence-electron chi connectivity index (χ2n) is 5.65. The zero-order chi connectivity index (χ0) is 15.9. The highest BCUT2D eigenvalue weighted by Crippen LogP contribution is 2.29. The Morgan fingerprint density at radius 2 is 1.68 bits per heavy atom. The summed E-state index contributed by atoms with van der Waals surface area (Å²) in [6.45, 7) is 3.89. The van der Waals surface area contributed by atoms with Crippen LogP contribution >= 0.6 is 24.8 Å². The summed E-state index contributed by atoms with van der Waals surface area (Å²) in [5.74, 6) is 1.63. The van der Waals surface area contributed by atoms with Crippen molar-refractivity contribution in [3.05, 3.63) is 60.2 Å². The summed E-state index contributed by atoms with van der Waals surface area (Å²) in [6, 6.07) is 20.3. The summed E-state index contributed by atoms with van der Waals surface area (Å²) in [6.07, 6.45) is 0.495. The minimum atomic E-state index is 0. The minimum absolute atomic E-state index is 0. The molecule has 3 rings (SSSR count). The maximum atomic E-state index is 9.21. The van der Waals surface area contributed by atoms with Crippen molar-refractivity contribution in [2.45, 2.75) is 12.5 Å². The molecule has 1 heterocycles. The predicted octanol–water partition coefficient (Wildman–Crippen LogP) is 4.18.